The standard InChI is InChI=1S/C21H24FN3O4S/c1-3-4-5-12-24-30(26,27)17-10-11-19(28-2)18(13-17)25-21-23-14-20(29-21)15-6-8-16(22)9-7-15/h6-11,13-14,24H,3-5,12H2,1-2H3,(H,23,25). The minimum atomic E-state index is -3.65. The fraction of sp³-hybridized carbons (Fsp3) is 0.286. The highest BCUT2D eigenvalue weighted by molar-refractivity contribution is 7.89. The van der Waals surface area contributed by atoms with Gasteiger partial charge in [-0.15, -0.1) is 0 Å². The van der Waals surface area contributed by atoms with E-state index in [1.54, 1.807) is 18.2 Å². The molecule has 2 aromatic carbocycles. The second-order valence-electron chi connectivity index (χ2n) is 6.63. The zero-order valence-electron chi connectivity index (χ0n) is 16.8. The van der Waals surface area contributed by atoms with Crippen LogP contribution in [0.1, 0.15) is 26.2 Å². The average molecular weight is 434 g/mol. The molecule has 0 fully saturated rings. The predicted octanol–water partition coefficient (Wildman–Crippen LogP) is 4.70. The van der Waals surface area contributed by atoms with Crippen molar-refractivity contribution in [1.29, 1.82) is 0 Å². The number of methoxy groups -OCH3 is 1. The molecule has 0 bridgehead atoms. The topological polar surface area (TPSA) is 93.5 Å². The number of ether oxygens (including phenoxy) is 1. The van der Waals surface area contributed by atoms with Crippen molar-refractivity contribution in [2.75, 3.05) is 19.0 Å². The summed E-state index contributed by atoms with van der Waals surface area (Å²) in [5.74, 6) is 0.530. The van der Waals surface area contributed by atoms with Gasteiger partial charge in [-0.1, -0.05) is 19.8 Å². The Bertz CT molecular complexity index is 1080. The van der Waals surface area contributed by atoms with Crippen LogP contribution in [0.25, 0.3) is 11.3 Å². The largest absolute Gasteiger partial charge is 0.495 e. The van der Waals surface area contributed by atoms with Crippen molar-refractivity contribution in [2.45, 2.75) is 31.1 Å². The first-order valence-electron chi connectivity index (χ1n) is 9.59. The van der Waals surface area contributed by atoms with Crippen molar-refractivity contribution in [1.82, 2.24) is 9.71 Å². The van der Waals surface area contributed by atoms with E-state index < -0.39 is 10.0 Å². The highest BCUT2D eigenvalue weighted by Gasteiger charge is 2.17. The van der Waals surface area contributed by atoms with E-state index in [1.807, 2.05) is 0 Å². The maximum atomic E-state index is 13.1. The van der Waals surface area contributed by atoms with E-state index in [1.165, 1.54) is 37.6 Å². The summed E-state index contributed by atoms with van der Waals surface area (Å²) in [6, 6.07) is 10.5. The Morgan fingerprint density at radius 2 is 1.90 bits per heavy atom. The van der Waals surface area contributed by atoms with Crippen LogP contribution >= 0.6 is 0 Å². The second kappa shape index (κ2) is 9.73. The third kappa shape index (κ3) is 5.37. The van der Waals surface area contributed by atoms with E-state index in [9.17, 15) is 12.8 Å². The van der Waals surface area contributed by atoms with Gasteiger partial charge < -0.3 is 14.5 Å². The molecule has 0 atom stereocenters. The third-order valence-corrected chi connectivity index (χ3v) is 5.89. The van der Waals surface area contributed by atoms with Gasteiger partial charge in [0.1, 0.15) is 11.6 Å². The molecule has 1 heterocycles. The van der Waals surface area contributed by atoms with E-state index >= 15 is 0 Å². The molecule has 30 heavy (non-hydrogen) atoms. The molecule has 0 aliphatic rings. The SMILES string of the molecule is CCCCCNS(=O)(=O)c1ccc(OC)c(Nc2ncc(-c3ccc(F)cc3)o2)c1. The minimum Gasteiger partial charge on any atom is -0.495 e. The van der Waals surface area contributed by atoms with Gasteiger partial charge in [0, 0.05) is 12.1 Å². The van der Waals surface area contributed by atoms with E-state index in [0.717, 1.165) is 19.3 Å². The van der Waals surface area contributed by atoms with Crippen LogP contribution in [0.3, 0.4) is 0 Å². The van der Waals surface area contributed by atoms with Crippen LogP contribution in [0.2, 0.25) is 0 Å². The van der Waals surface area contributed by atoms with Crippen LogP contribution in [0, 0.1) is 5.82 Å². The summed E-state index contributed by atoms with van der Waals surface area (Å²) in [6.45, 7) is 2.44. The van der Waals surface area contributed by atoms with Crippen LogP contribution in [-0.2, 0) is 10.0 Å². The van der Waals surface area contributed by atoms with Gasteiger partial charge >= 0.3 is 0 Å². The maximum absolute atomic E-state index is 13.1. The fourth-order valence-electron chi connectivity index (χ4n) is 2.81. The van der Waals surface area contributed by atoms with E-state index in [4.69, 9.17) is 9.15 Å². The van der Waals surface area contributed by atoms with Crippen molar-refractivity contribution >= 4 is 21.7 Å². The summed E-state index contributed by atoms with van der Waals surface area (Å²) in [5.41, 5.74) is 1.05. The number of rotatable bonds is 10. The molecule has 0 radical (unpaired) electrons. The molecular weight excluding hydrogens is 409 g/mol. The lowest BCUT2D eigenvalue weighted by Gasteiger charge is -2.12. The van der Waals surface area contributed by atoms with Gasteiger partial charge in [-0.2, -0.15) is 0 Å². The third-order valence-electron chi connectivity index (χ3n) is 4.43. The molecule has 0 spiro atoms. The molecule has 3 rings (SSSR count). The number of hydrogen-bond acceptors (Lipinski definition) is 6. The lowest BCUT2D eigenvalue weighted by Crippen LogP contribution is -2.24. The zero-order valence-corrected chi connectivity index (χ0v) is 17.6. The van der Waals surface area contributed by atoms with Gasteiger partial charge in [0.2, 0.25) is 10.0 Å². The van der Waals surface area contributed by atoms with Gasteiger partial charge in [-0.25, -0.2) is 22.5 Å². The average Bonchev–Trinajstić information content (AvgIpc) is 3.20. The number of benzene rings is 2. The normalized spacial score (nSPS) is 11.4. The number of aromatic nitrogens is 1. The Morgan fingerprint density at radius 3 is 2.60 bits per heavy atom. The van der Waals surface area contributed by atoms with Gasteiger partial charge in [-0.05, 0) is 48.9 Å². The smallest absolute Gasteiger partial charge is 0.299 e. The lowest BCUT2D eigenvalue weighted by molar-refractivity contribution is 0.416. The molecule has 2 N–H and O–H groups in total. The zero-order chi connectivity index (χ0) is 21.6. The molecule has 7 nitrogen and oxygen atoms in total. The predicted molar refractivity (Wildman–Crippen MR) is 113 cm³/mol. The number of nitrogens with zero attached hydrogens (tertiary/aromatic N) is 1. The van der Waals surface area contributed by atoms with Crippen molar-refractivity contribution in [3.63, 3.8) is 0 Å². The van der Waals surface area contributed by atoms with E-state index in [0.29, 0.717) is 29.3 Å². The molecule has 3 aromatic rings. The highest BCUT2D eigenvalue weighted by atomic mass is 32.2. The number of unbranched alkanes of at least 4 members (excludes halogenated alkanes) is 2. The van der Waals surface area contributed by atoms with Gasteiger partial charge in [-0.3, -0.25) is 0 Å². The van der Waals surface area contributed by atoms with Crippen LogP contribution < -0.4 is 14.8 Å². The summed E-state index contributed by atoms with van der Waals surface area (Å²) in [7, 11) is -2.17. The Balaban J connectivity index is 1.80. The van der Waals surface area contributed by atoms with Crippen LogP contribution in [0.4, 0.5) is 16.1 Å². The van der Waals surface area contributed by atoms with Crippen molar-refractivity contribution in [2.24, 2.45) is 0 Å². The van der Waals surface area contributed by atoms with Crippen molar-refractivity contribution in [3.05, 3.63) is 54.5 Å². The summed E-state index contributed by atoms with van der Waals surface area (Å²) in [6.07, 6.45) is 4.24. The van der Waals surface area contributed by atoms with E-state index in [-0.39, 0.29) is 16.7 Å². The Kier molecular flexibility index (Phi) is 7.07. The summed E-state index contributed by atoms with van der Waals surface area (Å²) in [5, 5.41) is 2.94. The first-order chi connectivity index (χ1) is 14.4. The molecule has 9 heteroatoms. The quantitative estimate of drug-likeness (QED) is 0.450. The number of halogens is 1. The maximum Gasteiger partial charge on any atom is 0.299 e. The summed E-state index contributed by atoms with van der Waals surface area (Å²) >= 11 is 0. The Hall–Kier alpha value is -2.91. The number of nitrogens with one attached hydrogen (secondary N) is 2. The Labute approximate surface area is 175 Å². The van der Waals surface area contributed by atoms with Gasteiger partial charge in [0.15, 0.2) is 5.76 Å². The van der Waals surface area contributed by atoms with Crippen molar-refractivity contribution in [3.8, 4) is 17.1 Å². The first kappa shape index (κ1) is 21.8. The molecule has 0 saturated heterocycles. The summed E-state index contributed by atoms with van der Waals surface area (Å²) in [4.78, 5) is 4.26. The fourth-order valence-corrected chi connectivity index (χ4v) is 3.91. The monoisotopic (exact) mass is 433 g/mol. The lowest BCUT2D eigenvalue weighted by atomic mass is 10.2. The van der Waals surface area contributed by atoms with Crippen LogP contribution in [0.5, 0.6) is 5.75 Å². The van der Waals surface area contributed by atoms with Crippen molar-refractivity contribution < 1.29 is 22.0 Å². The number of hydrogen-bond donors (Lipinski definition) is 2. The second-order valence-corrected chi connectivity index (χ2v) is 8.40. The molecule has 0 saturated carbocycles. The van der Waals surface area contributed by atoms with Crippen LogP contribution in [-0.4, -0.2) is 27.1 Å². The number of oxazole rings is 1. The van der Waals surface area contributed by atoms with Gasteiger partial charge in [0.05, 0.1) is 23.9 Å². The molecule has 0 unspecified atom stereocenters. The number of anilines is 2. The molecule has 160 valence electrons. The summed E-state index contributed by atoms with van der Waals surface area (Å²) < 4.78 is 51.8. The molecule has 1 aromatic heterocycles. The first-order valence-corrected chi connectivity index (χ1v) is 11.1. The number of sulfonamides is 1. The highest BCUT2D eigenvalue weighted by Crippen LogP contribution is 2.31. The molecule has 0 aliphatic heterocycles. The molecular formula is C21H24FN3O4S. The Morgan fingerprint density at radius 1 is 1.13 bits per heavy atom. The molecule has 0 aliphatic carbocycles. The minimum absolute atomic E-state index is 0.104. The van der Waals surface area contributed by atoms with Gasteiger partial charge in [0.25, 0.3) is 6.01 Å². The van der Waals surface area contributed by atoms with E-state index in [2.05, 4.69) is 21.9 Å². The molecule has 0 amide bonds. The van der Waals surface area contributed by atoms with Crippen LogP contribution in [0.15, 0.2) is 58.0 Å².